The van der Waals surface area contributed by atoms with Crippen molar-refractivity contribution in [3.63, 3.8) is 0 Å². The van der Waals surface area contributed by atoms with Crippen molar-refractivity contribution in [3.05, 3.63) is 70.8 Å². The van der Waals surface area contributed by atoms with Gasteiger partial charge in [-0.3, -0.25) is 9.59 Å². The van der Waals surface area contributed by atoms with Gasteiger partial charge in [0.1, 0.15) is 0 Å². The topological polar surface area (TPSA) is 84.4 Å². The molecular formula is C25H25FN4O3. The van der Waals surface area contributed by atoms with Gasteiger partial charge in [0.15, 0.2) is 11.6 Å². The van der Waals surface area contributed by atoms with Crippen LogP contribution in [-0.4, -0.2) is 28.3 Å². The Hall–Kier alpha value is -3.81. The molecule has 1 atom stereocenters. The first-order valence-electron chi connectivity index (χ1n) is 10.7. The average molecular weight is 448 g/mol. The van der Waals surface area contributed by atoms with Crippen molar-refractivity contribution in [3.8, 4) is 11.8 Å². The third kappa shape index (κ3) is 4.69. The lowest BCUT2D eigenvalue weighted by Crippen LogP contribution is -2.28. The number of hydrogen-bond acceptors (Lipinski definition) is 5. The third-order valence-corrected chi connectivity index (χ3v) is 5.83. The average Bonchev–Trinajstić information content (AvgIpc) is 3.16. The maximum atomic E-state index is 13.9. The van der Waals surface area contributed by atoms with Gasteiger partial charge in [-0.1, -0.05) is 18.2 Å². The Labute approximate surface area is 191 Å². The van der Waals surface area contributed by atoms with Crippen LogP contribution in [0.15, 0.2) is 42.5 Å². The minimum Gasteiger partial charge on any atom is -0.421 e. The Morgan fingerprint density at radius 2 is 1.76 bits per heavy atom. The molecule has 0 saturated carbocycles. The second-order valence-corrected chi connectivity index (χ2v) is 8.25. The molecule has 2 aromatic carbocycles. The van der Waals surface area contributed by atoms with Crippen molar-refractivity contribution < 1.29 is 18.7 Å². The quantitative estimate of drug-likeness (QED) is 0.615. The molecule has 1 unspecified atom stereocenters. The molecule has 170 valence electrons. The number of aromatic nitrogens is 2. The van der Waals surface area contributed by atoms with Crippen LogP contribution in [-0.2, 0) is 9.59 Å². The summed E-state index contributed by atoms with van der Waals surface area (Å²) >= 11 is 0. The van der Waals surface area contributed by atoms with Gasteiger partial charge < -0.3 is 15.0 Å². The van der Waals surface area contributed by atoms with E-state index in [0.29, 0.717) is 23.6 Å². The summed E-state index contributed by atoms with van der Waals surface area (Å²) in [7, 11) is 0. The lowest BCUT2D eigenvalue weighted by Gasteiger charge is -2.18. The fourth-order valence-electron chi connectivity index (χ4n) is 3.79. The number of ether oxygens (including phenoxy) is 1. The molecule has 3 aromatic rings. The highest BCUT2D eigenvalue weighted by atomic mass is 19.1. The van der Waals surface area contributed by atoms with E-state index in [1.807, 2.05) is 32.0 Å². The molecule has 1 saturated heterocycles. The zero-order chi connectivity index (χ0) is 23.7. The number of hydrogen-bond donors (Lipinski definition) is 1. The molecule has 0 spiro atoms. The van der Waals surface area contributed by atoms with E-state index >= 15 is 0 Å². The lowest BCUT2D eigenvalue weighted by molar-refractivity contribution is -0.122. The van der Waals surface area contributed by atoms with Gasteiger partial charge in [0.05, 0.1) is 23.0 Å². The van der Waals surface area contributed by atoms with E-state index in [4.69, 9.17) is 4.74 Å². The van der Waals surface area contributed by atoms with Gasteiger partial charge in [0, 0.05) is 18.7 Å². The van der Waals surface area contributed by atoms with Crippen molar-refractivity contribution in [1.29, 1.82) is 0 Å². The SMILES string of the molecule is Cc1ccc(N2CC(C(=O)Nc3c(C)nc(Oc4ccccc4F)nc3C)CC2=O)cc1C. The van der Waals surface area contributed by atoms with Gasteiger partial charge in [0.25, 0.3) is 0 Å². The molecule has 0 bridgehead atoms. The summed E-state index contributed by atoms with van der Waals surface area (Å²) in [6.07, 6.45) is 0.131. The van der Waals surface area contributed by atoms with Gasteiger partial charge in [-0.15, -0.1) is 0 Å². The molecule has 4 rings (SSSR count). The minimum absolute atomic E-state index is 0.00920. The predicted molar refractivity (Wildman–Crippen MR) is 123 cm³/mol. The van der Waals surface area contributed by atoms with Gasteiger partial charge in [-0.2, -0.15) is 9.97 Å². The van der Waals surface area contributed by atoms with Crippen LogP contribution in [0.2, 0.25) is 0 Å². The van der Waals surface area contributed by atoms with Crippen LogP contribution in [0.4, 0.5) is 15.8 Å². The van der Waals surface area contributed by atoms with Crippen LogP contribution in [0.25, 0.3) is 0 Å². The van der Waals surface area contributed by atoms with Crippen LogP contribution in [0.3, 0.4) is 0 Å². The molecule has 0 radical (unpaired) electrons. The van der Waals surface area contributed by atoms with E-state index in [1.54, 1.807) is 30.9 Å². The summed E-state index contributed by atoms with van der Waals surface area (Å²) in [4.78, 5) is 35.7. The van der Waals surface area contributed by atoms with E-state index in [0.717, 1.165) is 16.8 Å². The Morgan fingerprint density at radius 1 is 1.06 bits per heavy atom. The zero-order valence-corrected chi connectivity index (χ0v) is 19.0. The molecule has 8 heteroatoms. The number of nitrogens with zero attached hydrogens (tertiary/aromatic N) is 3. The summed E-state index contributed by atoms with van der Waals surface area (Å²) in [5.41, 5.74) is 4.46. The highest BCUT2D eigenvalue weighted by molar-refractivity contribution is 6.03. The van der Waals surface area contributed by atoms with Crippen molar-refractivity contribution >= 4 is 23.2 Å². The number of rotatable bonds is 5. The third-order valence-electron chi connectivity index (χ3n) is 5.83. The van der Waals surface area contributed by atoms with Crippen LogP contribution in [0.1, 0.15) is 28.9 Å². The van der Waals surface area contributed by atoms with Crippen molar-refractivity contribution in [2.75, 3.05) is 16.8 Å². The Morgan fingerprint density at radius 3 is 2.42 bits per heavy atom. The highest BCUT2D eigenvalue weighted by Gasteiger charge is 2.35. The molecule has 2 amide bonds. The van der Waals surface area contributed by atoms with Gasteiger partial charge in [0.2, 0.25) is 11.8 Å². The second kappa shape index (κ2) is 8.97. The maximum absolute atomic E-state index is 13.9. The van der Waals surface area contributed by atoms with E-state index in [9.17, 15) is 14.0 Å². The number of aryl methyl sites for hydroxylation is 4. The second-order valence-electron chi connectivity index (χ2n) is 8.25. The Bertz CT molecular complexity index is 1220. The fraction of sp³-hybridized carbons (Fsp3) is 0.280. The van der Waals surface area contributed by atoms with E-state index < -0.39 is 11.7 Å². The molecule has 7 nitrogen and oxygen atoms in total. The van der Waals surface area contributed by atoms with E-state index in [2.05, 4.69) is 15.3 Å². The smallest absolute Gasteiger partial charge is 0.322 e. The fourth-order valence-corrected chi connectivity index (χ4v) is 3.79. The van der Waals surface area contributed by atoms with Crippen molar-refractivity contribution in [2.24, 2.45) is 5.92 Å². The summed E-state index contributed by atoms with van der Waals surface area (Å²) in [6.45, 7) is 7.73. The predicted octanol–water partition coefficient (Wildman–Crippen LogP) is 4.63. The summed E-state index contributed by atoms with van der Waals surface area (Å²) < 4.78 is 19.3. The normalized spacial score (nSPS) is 15.6. The molecule has 1 fully saturated rings. The number of para-hydroxylation sites is 1. The van der Waals surface area contributed by atoms with Crippen LogP contribution < -0.4 is 15.0 Å². The monoisotopic (exact) mass is 448 g/mol. The molecule has 33 heavy (non-hydrogen) atoms. The standard InChI is InChI=1S/C25H25FN4O3/c1-14-9-10-19(11-15(14)2)30-13-18(12-22(30)31)24(32)29-23-16(3)27-25(28-17(23)4)33-21-8-6-5-7-20(21)26/h5-11,18H,12-13H2,1-4H3,(H,29,32). The van der Waals surface area contributed by atoms with Gasteiger partial charge in [-0.25, -0.2) is 4.39 Å². The van der Waals surface area contributed by atoms with Gasteiger partial charge >= 0.3 is 6.01 Å². The van der Waals surface area contributed by atoms with Crippen molar-refractivity contribution in [2.45, 2.75) is 34.1 Å². The van der Waals surface area contributed by atoms with Crippen LogP contribution >= 0.6 is 0 Å². The van der Waals surface area contributed by atoms with Crippen LogP contribution in [0.5, 0.6) is 11.8 Å². The molecule has 1 aliphatic heterocycles. The highest BCUT2D eigenvalue weighted by Crippen LogP contribution is 2.29. The summed E-state index contributed by atoms with van der Waals surface area (Å²) in [5, 5.41) is 2.86. The molecule has 1 aliphatic rings. The first-order valence-corrected chi connectivity index (χ1v) is 10.7. The Kier molecular flexibility index (Phi) is 6.09. The minimum atomic E-state index is -0.520. The molecule has 0 aliphatic carbocycles. The number of amides is 2. The summed E-state index contributed by atoms with van der Waals surface area (Å²) in [6, 6.07) is 11.8. The molecular weight excluding hydrogens is 423 g/mol. The molecule has 1 aromatic heterocycles. The largest absolute Gasteiger partial charge is 0.421 e. The maximum Gasteiger partial charge on any atom is 0.322 e. The lowest BCUT2D eigenvalue weighted by atomic mass is 10.1. The number of halogens is 1. The number of carbonyl (C=O) groups excluding carboxylic acids is 2. The number of nitrogens with one attached hydrogen (secondary N) is 1. The number of benzene rings is 2. The van der Waals surface area contributed by atoms with E-state index in [-0.39, 0.29) is 30.0 Å². The number of anilines is 2. The molecule has 1 N–H and O–H groups in total. The zero-order valence-electron chi connectivity index (χ0n) is 19.0. The first-order chi connectivity index (χ1) is 15.7. The van der Waals surface area contributed by atoms with E-state index in [1.165, 1.54) is 12.1 Å². The summed E-state index contributed by atoms with van der Waals surface area (Å²) in [5.74, 6) is -1.35. The Balaban J connectivity index is 1.47. The molecule has 2 heterocycles. The van der Waals surface area contributed by atoms with Gasteiger partial charge in [-0.05, 0) is 63.1 Å². The first kappa shape index (κ1) is 22.4. The van der Waals surface area contributed by atoms with Crippen LogP contribution in [0, 0.1) is 39.4 Å². The van der Waals surface area contributed by atoms with Crippen molar-refractivity contribution in [1.82, 2.24) is 9.97 Å². The number of carbonyl (C=O) groups is 2.